The van der Waals surface area contributed by atoms with Gasteiger partial charge in [-0.2, -0.15) is 0 Å². The molecule has 4 fully saturated rings. The summed E-state index contributed by atoms with van der Waals surface area (Å²) in [6.45, 7) is 32.3. The lowest BCUT2D eigenvalue weighted by atomic mass is 9.79. The first-order valence-corrected chi connectivity index (χ1v) is 43.5. The molecule has 8 N–H and O–H groups in total. The van der Waals surface area contributed by atoms with E-state index in [9.17, 15) is 19.2 Å². The van der Waals surface area contributed by atoms with Crippen molar-refractivity contribution in [3.8, 4) is 46.0 Å². The quantitative estimate of drug-likeness (QED) is 0.0303. The summed E-state index contributed by atoms with van der Waals surface area (Å²) in [5.74, 6) is -0.0710. The van der Waals surface area contributed by atoms with Crippen LogP contribution in [0.3, 0.4) is 0 Å². The Balaban J connectivity index is 0.000000203. The lowest BCUT2D eigenvalue weighted by Crippen LogP contribution is -2.51. The number of hydrogen-bond donors (Lipinski definition) is 4. The van der Waals surface area contributed by atoms with Gasteiger partial charge in [0.05, 0.1) is 69.0 Å². The second kappa shape index (κ2) is 43.9. The number of piperidine rings is 4. The lowest BCUT2D eigenvalue weighted by Gasteiger charge is -2.47. The molecule has 0 aliphatic carbocycles. The first kappa shape index (κ1) is 76.5. The minimum atomic E-state index is -2.93. The van der Waals surface area contributed by atoms with Crippen molar-refractivity contribution in [2.24, 2.45) is 93.9 Å². The van der Waals surface area contributed by atoms with Gasteiger partial charge in [0.1, 0.15) is 48.6 Å². The van der Waals surface area contributed by atoms with Crippen molar-refractivity contribution in [3.63, 3.8) is 0 Å². The molecule has 0 saturated carbocycles. The van der Waals surface area contributed by atoms with Crippen molar-refractivity contribution >= 4 is 23.9 Å². The van der Waals surface area contributed by atoms with Gasteiger partial charge in [-0.25, -0.2) is 0 Å². The second-order valence-corrected chi connectivity index (χ2v) is 36.8. The highest BCUT2D eigenvalue weighted by molar-refractivity contribution is 5.77. The first-order chi connectivity index (χ1) is 62.7. The molecule has 0 amide bonds. The maximum atomic E-state index is 12.9. The maximum absolute atomic E-state index is 12.9. The number of nitrogens with two attached hydrogens (primary N) is 4. The van der Waals surface area contributed by atoms with E-state index >= 15 is 0 Å². The normalized spacial score (nSPS) is 27.8. The molecule has 0 aromatic heterocycles. The molecule has 0 spiro atoms. The Hall–Kier alpha value is -7.16. The van der Waals surface area contributed by atoms with Crippen molar-refractivity contribution in [2.75, 3.05) is 109 Å². The molecule has 0 bridgehead atoms. The monoisotopic (exact) mass is 1690 g/mol. The summed E-state index contributed by atoms with van der Waals surface area (Å²) < 4.78 is 184. The molecule has 10 unspecified atom stereocenters. The van der Waals surface area contributed by atoms with Gasteiger partial charge in [0.15, 0.2) is 46.0 Å². The van der Waals surface area contributed by atoms with E-state index in [0.29, 0.717) is 61.0 Å². The summed E-state index contributed by atoms with van der Waals surface area (Å²) in [5, 5.41) is 0. The van der Waals surface area contributed by atoms with Crippen LogP contribution in [0, 0.1) is 71.0 Å². The summed E-state index contributed by atoms with van der Waals surface area (Å²) in [5.41, 5.74) is 32.7. The third kappa shape index (κ3) is 23.8. The van der Waals surface area contributed by atoms with Crippen LogP contribution in [-0.2, 0) is 63.8 Å². The van der Waals surface area contributed by atoms with Crippen molar-refractivity contribution in [1.29, 1.82) is 0 Å². The Morgan fingerprint density at radius 2 is 0.575 bits per heavy atom. The molecule has 4 aromatic carbocycles. The van der Waals surface area contributed by atoms with E-state index in [0.717, 1.165) is 136 Å². The average molecular weight is 1690 g/mol. The first-order valence-electron chi connectivity index (χ1n) is 51.0. The van der Waals surface area contributed by atoms with Crippen LogP contribution in [0.15, 0.2) is 48.5 Å². The van der Waals surface area contributed by atoms with Gasteiger partial charge in [-0.05, 0) is 192 Å². The minimum Gasteiger partial charge on any atom is -0.493 e. The maximum Gasteiger partial charge on any atom is 0.323 e. The molecule has 24 nitrogen and oxygen atoms in total. The summed E-state index contributed by atoms with van der Waals surface area (Å²) in [6, 6.07) is 12.0. The Kier molecular flexibility index (Phi) is 28.0. The molecule has 120 heavy (non-hydrogen) atoms. The minimum absolute atomic E-state index is 0.0115. The molecule has 24 heteroatoms. The number of carbonyl (C=O) groups is 4. The van der Waals surface area contributed by atoms with E-state index in [1.807, 2.05) is 58.6 Å². The molecule has 17 atom stereocenters. The highest BCUT2D eigenvalue weighted by Crippen LogP contribution is 2.50. The van der Waals surface area contributed by atoms with Gasteiger partial charge in [-0.3, -0.25) is 38.8 Å². The second-order valence-electron chi connectivity index (χ2n) is 36.8. The molecule has 0 radical (unpaired) electrons. The summed E-state index contributed by atoms with van der Waals surface area (Å²) >= 11 is 0. The van der Waals surface area contributed by atoms with Gasteiger partial charge in [0.2, 0.25) is 0 Å². The number of fused-ring (bicyclic) bond motifs is 12. The molecule has 12 rings (SSSR count). The average Bonchev–Trinajstić information content (AvgIpc) is 0.735. The molecule has 4 aromatic rings. The number of nitrogens with zero attached hydrogens (tertiary/aromatic N) is 4. The Morgan fingerprint density at radius 1 is 0.358 bits per heavy atom. The highest BCUT2D eigenvalue weighted by Gasteiger charge is 2.47. The van der Waals surface area contributed by atoms with E-state index < -0.39 is 82.4 Å². The summed E-state index contributed by atoms with van der Waals surface area (Å²) in [4.78, 5) is 60.5. The predicted molar refractivity (Wildman–Crippen MR) is 471 cm³/mol. The largest absolute Gasteiger partial charge is 0.493 e. The van der Waals surface area contributed by atoms with Gasteiger partial charge in [-0.1, -0.05) is 111 Å². The molecular formula is C96H152N8O16. The molecule has 4 saturated heterocycles. The number of ether oxygens (including phenoxy) is 12. The van der Waals surface area contributed by atoms with E-state index in [2.05, 4.69) is 68.4 Å². The van der Waals surface area contributed by atoms with Gasteiger partial charge in [0, 0.05) is 134 Å². The van der Waals surface area contributed by atoms with E-state index in [4.69, 9.17) is 100 Å². The topological polar surface area (TPSA) is 296 Å². The zero-order valence-electron chi connectivity index (χ0n) is 90.0. The van der Waals surface area contributed by atoms with E-state index in [-0.39, 0.29) is 132 Å². The van der Waals surface area contributed by atoms with Crippen molar-refractivity contribution in [1.82, 2.24) is 19.6 Å². The molecule has 8 aliphatic heterocycles. The van der Waals surface area contributed by atoms with Gasteiger partial charge >= 0.3 is 23.9 Å². The summed E-state index contributed by atoms with van der Waals surface area (Å²) in [6.07, 6.45) is 4.10. The number of hydrogen-bond acceptors (Lipinski definition) is 24. The SMILES string of the molecule is COc1cc2c(cc1OC)C1CC(OC(=O)[C@@H](N)C(C)C)C(CC(C)C)CN1CC2.[2H]C([2H])([2H])Oc1cc2c(cc1OC)C1CC(OC(=O)[C@@H](N)C(C)C)C(CC(C)C)CN1CC2.[2H]C([2H])([2H])Oc1cc2c(cc1OC)C1CC(OC(=O)[C@@H](N)C(C)C)C(CC(C)C)CN1CC2.[2H]C([2H])([2H])Oc1cc2c(cc1OC)[C@H]1C[C@@H](OC(=O)[C@@H](N)C(C)C)[C@H](C([2H])([2H])C([2H])(C)C([2H])([2H])[2H])CN1CC2. The molecular weight excluding hydrogens is 1520 g/mol. The summed E-state index contributed by atoms with van der Waals surface area (Å²) in [7, 11) is -0.0321. The van der Waals surface area contributed by atoms with Crippen LogP contribution in [0.4, 0.5) is 0 Å². The number of carbonyl (C=O) groups excluding carboxylic acids is 4. The van der Waals surface area contributed by atoms with Crippen LogP contribution in [-0.4, -0.2) is 201 Å². The zero-order valence-corrected chi connectivity index (χ0v) is 75.0. The van der Waals surface area contributed by atoms with Gasteiger partial charge in [0.25, 0.3) is 0 Å². The number of esters is 4. The number of benzene rings is 4. The predicted octanol–water partition coefficient (Wildman–Crippen LogP) is 14.3. The standard InChI is InChI=1S/4C24H38N2O4/c4*1-14(2)9-17-13-26-8-7-16-10-21(28-5)22(29-6)11-18(16)19(26)12-20(17)30-24(27)23(25)15(3)4/h4*10-11,14-15,17,19-20,23H,7-9,12-13,25H2,1-6H3/t3*17?,19?,20?,23-;17-,19-,20-,23+/m0001/s1/i2*5D3;;1D3,5D3,9D2,14D/t3m;14?,17-,19-,20-,23+. The third-order valence-corrected chi connectivity index (χ3v) is 25.6. The fraction of sp³-hybridized carbons (Fsp3) is 0.708. The number of methoxy groups -OCH3 is 8. The Morgan fingerprint density at radius 3 is 0.783 bits per heavy atom. The van der Waals surface area contributed by atoms with E-state index in [1.54, 1.807) is 52.3 Å². The van der Waals surface area contributed by atoms with Crippen LogP contribution in [0.1, 0.15) is 251 Å². The van der Waals surface area contributed by atoms with Crippen molar-refractivity contribution in [3.05, 3.63) is 93.0 Å². The number of rotatable bonds is 28. The van der Waals surface area contributed by atoms with E-state index in [1.165, 1.54) is 32.5 Å². The van der Waals surface area contributed by atoms with Crippen molar-refractivity contribution < 1.29 is 96.6 Å². The van der Waals surface area contributed by atoms with Crippen LogP contribution >= 0.6 is 0 Å². The molecule has 8 aliphatic rings. The highest BCUT2D eigenvalue weighted by atomic mass is 16.6. The van der Waals surface area contributed by atoms with Crippen LogP contribution in [0.25, 0.3) is 0 Å². The van der Waals surface area contributed by atoms with Crippen LogP contribution in [0.2, 0.25) is 0 Å². The molecule has 8 heterocycles. The Bertz CT molecular complexity index is 4490. The Labute approximate surface area is 739 Å². The zero-order chi connectivity index (χ0) is 101. The fourth-order valence-corrected chi connectivity index (χ4v) is 18.8. The smallest absolute Gasteiger partial charge is 0.323 e. The third-order valence-electron chi connectivity index (χ3n) is 25.6. The van der Waals surface area contributed by atoms with Gasteiger partial charge in [-0.15, -0.1) is 0 Å². The van der Waals surface area contributed by atoms with Gasteiger partial charge < -0.3 is 79.8 Å². The molecule has 672 valence electrons. The fourth-order valence-electron chi connectivity index (χ4n) is 18.8. The van der Waals surface area contributed by atoms with Crippen LogP contribution in [0.5, 0.6) is 46.0 Å². The van der Waals surface area contributed by atoms with Crippen molar-refractivity contribution in [2.45, 2.75) is 260 Å². The lowest BCUT2D eigenvalue weighted by molar-refractivity contribution is -0.161. The van der Waals surface area contributed by atoms with Crippen LogP contribution < -0.4 is 60.8 Å².